The van der Waals surface area contributed by atoms with Crippen molar-refractivity contribution in [3.05, 3.63) is 34.3 Å². The molecule has 0 bridgehead atoms. The van der Waals surface area contributed by atoms with E-state index in [1.54, 1.807) is 0 Å². The molecule has 0 aliphatic carbocycles. The molecule has 0 unspecified atom stereocenters. The molecule has 0 saturated heterocycles. The Morgan fingerprint density at radius 3 is 2.38 bits per heavy atom. The van der Waals surface area contributed by atoms with Crippen LogP contribution in [0.25, 0.3) is 0 Å². The molecule has 0 heterocycles. The van der Waals surface area contributed by atoms with Crippen LogP contribution < -0.4 is 5.73 Å². The van der Waals surface area contributed by atoms with E-state index in [0.29, 0.717) is 0 Å². The summed E-state index contributed by atoms with van der Waals surface area (Å²) in [7, 11) is 0. The molecule has 0 amide bonds. The van der Waals surface area contributed by atoms with E-state index in [-0.39, 0.29) is 10.6 Å². The van der Waals surface area contributed by atoms with E-state index in [4.69, 9.17) is 17.3 Å². The summed E-state index contributed by atoms with van der Waals surface area (Å²) in [6.07, 6.45) is -5.93. The molecular formula is C10H11ClF3NO. The highest BCUT2D eigenvalue weighted by molar-refractivity contribution is 6.30. The Labute approximate surface area is 95.8 Å². The van der Waals surface area contributed by atoms with E-state index in [9.17, 15) is 18.3 Å². The van der Waals surface area contributed by atoms with Gasteiger partial charge in [0.15, 0.2) is 0 Å². The zero-order chi connectivity index (χ0) is 12.5. The normalized spacial score (nSPS) is 15.9. The highest BCUT2D eigenvalue weighted by atomic mass is 35.5. The van der Waals surface area contributed by atoms with Gasteiger partial charge < -0.3 is 10.8 Å². The average Bonchev–Trinajstić information content (AvgIpc) is 2.14. The van der Waals surface area contributed by atoms with E-state index in [2.05, 4.69) is 0 Å². The van der Waals surface area contributed by atoms with E-state index in [1.807, 2.05) is 0 Å². The fraction of sp³-hybridized carbons (Fsp3) is 0.400. The van der Waals surface area contributed by atoms with Crippen LogP contribution in [0.15, 0.2) is 18.2 Å². The number of nitrogens with two attached hydrogens (primary N) is 1. The first-order valence-electron chi connectivity index (χ1n) is 4.53. The minimum Gasteiger partial charge on any atom is -0.387 e. The molecule has 0 aliphatic rings. The number of hydrogen-bond acceptors (Lipinski definition) is 2. The van der Waals surface area contributed by atoms with Crippen LogP contribution >= 0.6 is 11.6 Å². The summed E-state index contributed by atoms with van der Waals surface area (Å²) in [5.41, 5.74) is 4.16. The molecule has 2 atom stereocenters. The Morgan fingerprint density at radius 1 is 1.38 bits per heavy atom. The Morgan fingerprint density at radius 2 is 1.94 bits per heavy atom. The maximum Gasteiger partial charge on any atom is 0.416 e. The molecule has 0 aliphatic heterocycles. The van der Waals surface area contributed by atoms with Gasteiger partial charge in [0.25, 0.3) is 0 Å². The second-order valence-electron chi connectivity index (χ2n) is 3.53. The Hall–Kier alpha value is -0.780. The van der Waals surface area contributed by atoms with Crippen molar-refractivity contribution in [3.63, 3.8) is 0 Å². The molecule has 0 aromatic heterocycles. The van der Waals surface area contributed by atoms with Gasteiger partial charge in [-0.15, -0.1) is 0 Å². The summed E-state index contributed by atoms with van der Waals surface area (Å²) < 4.78 is 37.8. The first-order valence-corrected chi connectivity index (χ1v) is 4.91. The van der Waals surface area contributed by atoms with Crippen LogP contribution in [-0.2, 0) is 6.18 Å². The van der Waals surface area contributed by atoms with Crippen LogP contribution in [0, 0.1) is 0 Å². The first kappa shape index (κ1) is 13.3. The molecular weight excluding hydrogens is 243 g/mol. The standard InChI is InChI=1S/C10H11ClF3NO/c1-5(15)9(16)7-4-6(11)2-3-8(7)10(12,13)14/h2-5,9,16H,15H2,1H3/t5-,9-/m0/s1. The van der Waals surface area contributed by atoms with Gasteiger partial charge in [-0.05, 0) is 30.7 Å². The largest absolute Gasteiger partial charge is 0.416 e. The summed E-state index contributed by atoms with van der Waals surface area (Å²) in [6, 6.07) is 2.24. The second-order valence-corrected chi connectivity index (χ2v) is 3.97. The molecule has 3 N–H and O–H groups in total. The predicted molar refractivity (Wildman–Crippen MR) is 55.1 cm³/mol. The monoisotopic (exact) mass is 253 g/mol. The van der Waals surface area contributed by atoms with Gasteiger partial charge in [-0.1, -0.05) is 11.6 Å². The van der Waals surface area contributed by atoms with Crippen molar-refractivity contribution in [2.75, 3.05) is 0 Å². The summed E-state index contributed by atoms with van der Waals surface area (Å²) >= 11 is 5.60. The molecule has 2 nitrogen and oxygen atoms in total. The quantitative estimate of drug-likeness (QED) is 0.851. The van der Waals surface area contributed by atoms with Crippen LogP contribution in [0.2, 0.25) is 5.02 Å². The number of halogens is 4. The van der Waals surface area contributed by atoms with E-state index < -0.39 is 23.9 Å². The Kier molecular flexibility index (Phi) is 3.83. The summed E-state index contributed by atoms with van der Waals surface area (Å²) in [4.78, 5) is 0. The highest BCUT2D eigenvalue weighted by Crippen LogP contribution is 2.36. The molecule has 90 valence electrons. The lowest BCUT2D eigenvalue weighted by atomic mass is 9.98. The minimum atomic E-state index is -4.53. The van der Waals surface area contributed by atoms with Crippen molar-refractivity contribution in [3.8, 4) is 0 Å². The lowest BCUT2D eigenvalue weighted by Gasteiger charge is -2.20. The molecule has 16 heavy (non-hydrogen) atoms. The number of benzene rings is 1. The molecule has 0 radical (unpaired) electrons. The SMILES string of the molecule is C[C@H](N)[C@H](O)c1cc(Cl)ccc1C(F)(F)F. The second kappa shape index (κ2) is 4.61. The topological polar surface area (TPSA) is 46.2 Å². The van der Waals surface area contributed by atoms with Crippen molar-refractivity contribution in [2.45, 2.75) is 25.2 Å². The fourth-order valence-electron chi connectivity index (χ4n) is 1.32. The van der Waals surface area contributed by atoms with Crippen molar-refractivity contribution in [1.29, 1.82) is 0 Å². The molecule has 0 saturated carbocycles. The van der Waals surface area contributed by atoms with Crippen molar-refractivity contribution in [1.82, 2.24) is 0 Å². The molecule has 1 aromatic carbocycles. The first-order chi connectivity index (χ1) is 7.23. The van der Waals surface area contributed by atoms with Crippen LogP contribution in [-0.4, -0.2) is 11.1 Å². The summed E-state index contributed by atoms with van der Waals surface area (Å²) in [6.45, 7) is 1.42. The number of hydrogen-bond donors (Lipinski definition) is 2. The predicted octanol–water partition coefficient (Wildman–Crippen LogP) is 2.74. The lowest BCUT2D eigenvalue weighted by Crippen LogP contribution is -2.26. The van der Waals surface area contributed by atoms with Crippen LogP contribution in [0.4, 0.5) is 13.2 Å². The molecule has 6 heteroatoms. The fourth-order valence-corrected chi connectivity index (χ4v) is 1.50. The van der Waals surface area contributed by atoms with E-state index >= 15 is 0 Å². The summed E-state index contributed by atoms with van der Waals surface area (Å²) in [5, 5.41) is 9.71. The smallest absolute Gasteiger partial charge is 0.387 e. The van der Waals surface area contributed by atoms with E-state index in [0.717, 1.165) is 18.2 Å². The zero-order valence-corrected chi connectivity index (χ0v) is 9.18. The van der Waals surface area contributed by atoms with Gasteiger partial charge in [0.1, 0.15) is 0 Å². The van der Waals surface area contributed by atoms with Gasteiger partial charge in [-0.3, -0.25) is 0 Å². The van der Waals surface area contributed by atoms with Gasteiger partial charge >= 0.3 is 6.18 Å². The number of aliphatic hydroxyl groups excluding tert-OH is 1. The molecule has 1 rings (SSSR count). The number of rotatable bonds is 2. The lowest BCUT2D eigenvalue weighted by molar-refractivity contribution is -0.139. The third kappa shape index (κ3) is 2.87. The summed E-state index contributed by atoms with van der Waals surface area (Å²) in [5.74, 6) is 0. The van der Waals surface area contributed by atoms with Gasteiger partial charge in [0.2, 0.25) is 0 Å². The van der Waals surface area contributed by atoms with Gasteiger partial charge in [0, 0.05) is 11.1 Å². The van der Waals surface area contributed by atoms with Crippen molar-refractivity contribution >= 4 is 11.6 Å². The average molecular weight is 254 g/mol. The zero-order valence-electron chi connectivity index (χ0n) is 8.42. The third-order valence-corrected chi connectivity index (χ3v) is 2.37. The van der Waals surface area contributed by atoms with Crippen LogP contribution in [0.5, 0.6) is 0 Å². The molecule has 0 fully saturated rings. The van der Waals surface area contributed by atoms with Gasteiger partial charge in [0.05, 0.1) is 11.7 Å². The number of aliphatic hydroxyl groups is 1. The molecule has 1 aromatic rings. The maximum atomic E-state index is 12.6. The maximum absolute atomic E-state index is 12.6. The van der Waals surface area contributed by atoms with Crippen molar-refractivity contribution in [2.24, 2.45) is 5.73 Å². The Bertz CT molecular complexity index is 379. The minimum absolute atomic E-state index is 0.128. The molecule has 0 spiro atoms. The van der Waals surface area contributed by atoms with Gasteiger partial charge in [-0.25, -0.2) is 0 Å². The van der Waals surface area contributed by atoms with Crippen LogP contribution in [0.3, 0.4) is 0 Å². The Balaban J connectivity index is 3.29. The van der Waals surface area contributed by atoms with Crippen molar-refractivity contribution < 1.29 is 18.3 Å². The van der Waals surface area contributed by atoms with Crippen LogP contribution in [0.1, 0.15) is 24.2 Å². The van der Waals surface area contributed by atoms with Gasteiger partial charge in [-0.2, -0.15) is 13.2 Å². The number of alkyl halides is 3. The van der Waals surface area contributed by atoms with E-state index in [1.165, 1.54) is 6.92 Å². The third-order valence-electron chi connectivity index (χ3n) is 2.14. The highest BCUT2D eigenvalue weighted by Gasteiger charge is 2.35.